The number of aromatic amines is 1. The molecule has 35 heavy (non-hydrogen) atoms. The Bertz CT molecular complexity index is 1350. The number of halogens is 4. The van der Waals surface area contributed by atoms with Crippen LogP contribution in [0.3, 0.4) is 0 Å². The van der Waals surface area contributed by atoms with Gasteiger partial charge in [0, 0.05) is 49.0 Å². The summed E-state index contributed by atoms with van der Waals surface area (Å²) in [5, 5.41) is 3.63. The first-order valence-corrected chi connectivity index (χ1v) is 11.0. The maximum atomic E-state index is 14.9. The standard InChI is InChI=1S/C24H22F4N6O/c1-33-9-11-34(12-10-33)20-6-5-16(14-19(20)25)30-23-31-21(18-7-8-29-22(18)32-23)15-3-2-4-17(13-15)35-24(26,27)28/h2-8,13-14H,9-12H2,1H3,(H2,29,30,31,32). The Kier molecular flexibility index (Phi) is 5.93. The van der Waals surface area contributed by atoms with Crippen LogP contribution in [0.25, 0.3) is 22.3 Å². The highest BCUT2D eigenvalue weighted by atomic mass is 19.4. The number of aromatic nitrogens is 3. The van der Waals surface area contributed by atoms with Crippen molar-refractivity contribution in [2.24, 2.45) is 0 Å². The van der Waals surface area contributed by atoms with Crippen LogP contribution in [-0.4, -0.2) is 59.4 Å². The number of ether oxygens (including phenoxy) is 1. The van der Waals surface area contributed by atoms with E-state index in [0.717, 1.165) is 26.2 Å². The van der Waals surface area contributed by atoms with Gasteiger partial charge in [0.1, 0.15) is 17.2 Å². The lowest BCUT2D eigenvalue weighted by Crippen LogP contribution is -2.44. The fourth-order valence-corrected chi connectivity index (χ4v) is 4.08. The molecule has 0 unspecified atom stereocenters. The van der Waals surface area contributed by atoms with Gasteiger partial charge in [-0.15, -0.1) is 13.2 Å². The highest BCUT2D eigenvalue weighted by Crippen LogP contribution is 2.32. The number of likely N-dealkylation sites (N-methyl/N-ethyl adjacent to an activating group) is 1. The maximum absolute atomic E-state index is 14.9. The second-order valence-electron chi connectivity index (χ2n) is 8.29. The first-order chi connectivity index (χ1) is 16.7. The molecule has 0 amide bonds. The number of benzene rings is 2. The highest BCUT2D eigenvalue weighted by Gasteiger charge is 2.31. The summed E-state index contributed by atoms with van der Waals surface area (Å²) in [6.45, 7) is 3.21. The van der Waals surface area contributed by atoms with Crippen LogP contribution in [0.4, 0.5) is 34.9 Å². The zero-order chi connectivity index (χ0) is 24.6. The van der Waals surface area contributed by atoms with E-state index in [1.165, 1.54) is 24.3 Å². The third-order valence-corrected chi connectivity index (χ3v) is 5.80. The van der Waals surface area contributed by atoms with Crippen molar-refractivity contribution in [3.05, 3.63) is 60.5 Å². The summed E-state index contributed by atoms with van der Waals surface area (Å²) in [6, 6.07) is 12.1. The van der Waals surface area contributed by atoms with Crippen LogP contribution in [0.15, 0.2) is 54.7 Å². The Labute approximate surface area is 198 Å². The molecule has 1 aliphatic rings. The molecule has 2 N–H and O–H groups in total. The number of fused-ring (bicyclic) bond motifs is 1. The van der Waals surface area contributed by atoms with Crippen molar-refractivity contribution in [2.75, 3.05) is 43.4 Å². The summed E-state index contributed by atoms with van der Waals surface area (Å²) in [4.78, 5) is 16.1. The minimum Gasteiger partial charge on any atom is -0.406 e. The molecular formula is C24H22F4N6O. The minimum atomic E-state index is -4.80. The lowest BCUT2D eigenvalue weighted by molar-refractivity contribution is -0.274. The van der Waals surface area contributed by atoms with Gasteiger partial charge in [-0.2, -0.15) is 4.98 Å². The number of H-pyrrole nitrogens is 1. The fraction of sp³-hybridized carbons (Fsp3) is 0.250. The monoisotopic (exact) mass is 486 g/mol. The zero-order valence-electron chi connectivity index (χ0n) is 18.7. The lowest BCUT2D eigenvalue weighted by atomic mass is 10.1. The Balaban J connectivity index is 1.44. The summed E-state index contributed by atoms with van der Waals surface area (Å²) in [5.41, 5.74) is 2.28. The van der Waals surface area contributed by atoms with Crippen LogP contribution in [0.1, 0.15) is 0 Å². The Hall–Kier alpha value is -3.86. The van der Waals surface area contributed by atoms with Crippen molar-refractivity contribution in [3.8, 4) is 17.0 Å². The van der Waals surface area contributed by atoms with Crippen molar-refractivity contribution in [1.82, 2.24) is 19.9 Å². The summed E-state index contributed by atoms with van der Waals surface area (Å²) < 4.78 is 57.0. The van der Waals surface area contributed by atoms with E-state index in [2.05, 4.69) is 29.9 Å². The molecule has 4 aromatic rings. The smallest absolute Gasteiger partial charge is 0.406 e. The molecule has 0 bridgehead atoms. The van der Waals surface area contributed by atoms with Gasteiger partial charge >= 0.3 is 6.36 Å². The topological polar surface area (TPSA) is 69.3 Å². The maximum Gasteiger partial charge on any atom is 0.573 e. The third-order valence-electron chi connectivity index (χ3n) is 5.80. The summed E-state index contributed by atoms with van der Waals surface area (Å²) >= 11 is 0. The SMILES string of the molecule is CN1CCN(c2ccc(Nc3nc(-c4cccc(OC(F)(F)F)c4)c4cc[nH]c4n3)cc2F)CC1. The molecule has 5 rings (SSSR count). The molecule has 2 aromatic carbocycles. The first-order valence-electron chi connectivity index (χ1n) is 11.0. The number of nitrogens with one attached hydrogen (secondary N) is 2. The Morgan fingerprint density at radius 2 is 1.80 bits per heavy atom. The molecule has 1 fully saturated rings. The van der Waals surface area contributed by atoms with E-state index in [-0.39, 0.29) is 17.5 Å². The molecule has 2 aromatic heterocycles. The third kappa shape index (κ3) is 5.14. The molecule has 0 spiro atoms. The molecule has 1 saturated heterocycles. The largest absolute Gasteiger partial charge is 0.573 e. The van der Waals surface area contributed by atoms with Crippen LogP contribution in [0.2, 0.25) is 0 Å². The molecule has 0 saturated carbocycles. The average molecular weight is 486 g/mol. The van der Waals surface area contributed by atoms with Gasteiger partial charge < -0.3 is 24.8 Å². The number of hydrogen-bond donors (Lipinski definition) is 2. The van der Waals surface area contributed by atoms with Gasteiger partial charge in [-0.1, -0.05) is 12.1 Å². The molecule has 11 heteroatoms. The van der Waals surface area contributed by atoms with E-state index in [1.807, 2.05) is 11.9 Å². The summed E-state index contributed by atoms with van der Waals surface area (Å²) in [6.07, 6.45) is -3.14. The molecule has 182 valence electrons. The van der Waals surface area contributed by atoms with Crippen molar-refractivity contribution in [1.29, 1.82) is 0 Å². The number of rotatable bonds is 5. The fourth-order valence-electron chi connectivity index (χ4n) is 4.08. The van der Waals surface area contributed by atoms with Crippen LogP contribution >= 0.6 is 0 Å². The quantitative estimate of drug-likeness (QED) is 0.380. The molecular weight excluding hydrogens is 464 g/mol. The van der Waals surface area contributed by atoms with Gasteiger partial charge in [0.15, 0.2) is 0 Å². The predicted molar refractivity (Wildman–Crippen MR) is 125 cm³/mol. The van der Waals surface area contributed by atoms with E-state index in [4.69, 9.17) is 0 Å². The van der Waals surface area contributed by atoms with Crippen LogP contribution in [-0.2, 0) is 0 Å². The highest BCUT2D eigenvalue weighted by molar-refractivity contribution is 5.92. The van der Waals surface area contributed by atoms with Gasteiger partial charge in [-0.25, -0.2) is 9.37 Å². The molecule has 3 heterocycles. The Morgan fingerprint density at radius 1 is 1.00 bits per heavy atom. The van der Waals surface area contributed by atoms with Crippen LogP contribution < -0.4 is 15.0 Å². The average Bonchev–Trinajstić information content (AvgIpc) is 3.27. The van der Waals surface area contributed by atoms with E-state index < -0.39 is 6.36 Å². The number of anilines is 3. The molecule has 7 nitrogen and oxygen atoms in total. The van der Waals surface area contributed by atoms with Gasteiger partial charge in [0.2, 0.25) is 5.95 Å². The lowest BCUT2D eigenvalue weighted by Gasteiger charge is -2.34. The second kappa shape index (κ2) is 9.06. The number of nitrogens with zero attached hydrogens (tertiary/aromatic N) is 4. The van der Waals surface area contributed by atoms with Crippen molar-refractivity contribution in [2.45, 2.75) is 6.36 Å². The molecule has 1 aliphatic heterocycles. The number of alkyl halides is 3. The van der Waals surface area contributed by atoms with Crippen LogP contribution in [0, 0.1) is 5.82 Å². The van der Waals surface area contributed by atoms with E-state index >= 15 is 0 Å². The predicted octanol–water partition coefficient (Wildman–Crippen LogP) is 5.16. The van der Waals surface area contributed by atoms with Crippen LogP contribution in [0.5, 0.6) is 5.75 Å². The normalized spacial score (nSPS) is 14.9. The first kappa shape index (κ1) is 22.9. The summed E-state index contributed by atoms with van der Waals surface area (Å²) in [7, 11) is 2.04. The molecule has 0 atom stereocenters. The van der Waals surface area contributed by atoms with E-state index in [9.17, 15) is 17.6 Å². The van der Waals surface area contributed by atoms with E-state index in [0.29, 0.717) is 33.7 Å². The van der Waals surface area contributed by atoms with Gasteiger partial charge in [0.05, 0.1) is 11.4 Å². The Morgan fingerprint density at radius 3 is 2.54 bits per heavy atom. The van der Waals surface area contributed by atoms with Crippen molar-refractivity contribution >= 4 is 28.4 Å². The molecule has 0 radical (unpaired) electrons. The minimum absolute atomic E-state index is 0.170. The molecule has 0 aliphatic carbocycles. The van der Waals surface area contributed by atoms with Gasteiger partial charge in [-0.05, 0) is 43.4 Å². The number of piperazine rings is 1. The second-order valence-corrected chi connectivity index (χ2v) is 8.29. The van der Waals surface area contributed by atoms with Crippen molar-refractivity contribution < 1.29 is 22.3 Å². The van der Waals surface area contributed by atoms with Gasteiger partial charge in [-0.3, -0.25) is 0 Å². The zero-order valence-corrected chi connectivity index (χ0v) is 18.7. The summed E-state index contributed by atoms with van der Waals surface area (Å²) in [5.74, 6) is -0.546. The van der Waals surface area contributed by atoms with Gasteiger partial charge in [0.25, 0.3) is 0 Å². The van der Waals surface area contributed by atoms with Crippen molar-refractivity contribution in [3.63, 3.8) is 0 Å². The number of hydrogen-bond acceptors (Lipinski definition) is 6. The van der Waals surface area contributed by atoms with E-state index in [1.54, 1.807) is 30.5 Å².